The summed E-state index contributed by atoms with van der Waals surface area (Å²) in [7, 11) is 0. The lowest BCUT2D eigenvalue weighted by atomic mass is 10.2. The van der Waals surface area contributed by atoms with Gasteiger partial charge in [-0.3, -0.25) is 4.98 Å². The van der Waals surface area contributed by atoms with Crippen molar-refractivity contribution in [3.05, 3.63) is 42.6 Å². The molecular formula is C10H6N4. The van der Waals surface area contributed by atoms with Gasteiger partial charge in [-0.15, -0.1) is 0 Å². The number of hydrogen-bond acceptors (Lipinski definition) is 4. The second-order valence-electron chi connectivity index (χ2n) is 2.62. The number of rotatable bonds is 1. The van der Waals surface area contributed by atoms with E-state index in [1.807, 2.05) is 24.3 Å². The number of nitrogens with zero attached hydrogens (tertiary/aromatic N) is 4. The van der Waals surface area contributed by atoms with E-state index in [4.69, 9.17) is 5.26 Å². The first-order valence-corrected chi connectivity index (χ1v) is 4.04. The molecule has 0 N–H and O–H groups in total. The van der Waals surface area contributed by atoms with Gasteiger partial charge in [0, 0.05) is 24.2 Å². The lowest BCUT2D eigenvalue weighted by Gasteiger charge is -1.97. The Bertz CT molecular complexity index is 456. The second kappa shape index (κ2) is 3.62. The van der Waals surface area contributed by atoms with Gasteiger partial charge >= 0.3 is 0 Å². The maximum Gasteiger partial charge on any atom is 0.232 e. The predicted molar refractivity (Wildman–Crippen MR) is 50.0 cm³/mol. The molecule has 66 valence electrons. The van der Waals surface area contributed by atoms with Crippen molar-refractivity contribution < 1.29 is 0 Å². The minimum atomic E-state index is 0.171. The van der Waals surface area contributed by atoms with Gasteiger partial charge < -0.3 is 0 Å². The summed E-state index contributed by atoms with van der Waals surface area (Å²) in [6.45, 7) is 0. The summed E-state index contributed by atoms with van der Waals surface area (Å²) in [5.41, 5.74) is 1.61. The quantitative estimate of drug-likeness (QED) is 0.668. The molecule has 0 amide bonds. The first kappa shape index (κ1) is 8.32. The predicted octanol–water partition coefficient (Wildman–Crippen LogP) is 1.41. The normalized spacial score (nSPS) is 9.36. The van der Waals surface area contributed by atoms with Gasteiger partial charge in [-0.05, 0) is 12.1 Å². The van der Waals surface area contributed by atoms with E-state index < -0.39 is 0 Å². The molecule has 0 aliphatic rings. The highest BCUT2D eigenvalue weighted by Crippen LogP contribution is 2.12. The Morgan fingerprint density at radius 3 is 2.43 bits per heavy atom. The van der Waals surface area contributed by atoms with Crippen LogP contribution < -0.4 is 0 Å². The molecule has 14 heavy (non-hydrogen) atoms. The largest absolute Gasteiger partial charge is 0.256 e. The average Bonchev–Trinajstić information content (AvgIpc) is 2.30. The second-order valence-corrected chi connectivity index (χ2v) is 2.62. The number of nitriles is 1. The third kappa shape index (κ3) is 1.57. The molecule has 0 radical (unpaired) electrons. The Balaban J connectivity index is 2.40. The van der Waals surface area contributed by atoms with Gasteiger partial charge in [-0.25, -0.2) is 9.97 Å². The van der Waals surface area contributed by atoms with E-state index in [1.54, 1.807) is 18.6 Å². The number of hydrogen-bond donors (Lipinski definition) is 0. The van der Waals surface area contributed by atoms with Crippen molar-refractivity contribution in [3.63, 3.8) is 0 Å². The molecule has 2 aromatic heterocycles. The van der Waals surface area contributed by atoms with E-state index in [0.29, 0.717) is 0 Å². The molecule has 0 saturated carbocycles. The molecule has 0 aliphatic carbocycles. The maximum atomic E-state index is 8.51. The molecule has 2 heterocycles. The molecule has 0 spiro atoms. The topological polar surface area (TPSA) is 62.5 Å². The highest BCUT2D eigenvalue weighted by atomic mass is 14.9. The van der Waals surface area contributed by atoms with Gasteiger partial charge in [-0.2, -0.15) is 5.26 Å². The molecule has 4 nitrogen and oxygen atoms in total. The Morgan fingerprint density at radius 1 is 1.07 bits per heavy atom. The standard InChI is InChI=1S/C10H6N4/c11-5-10-13-6-8(7-14-10)9-3-1-2-4-12-9/h1-4,6-7H. The van der Waals surface area contributed by atoms with Crippen LogP contribution in [0, 0.1) is 11.3 Å². The Labute approximate surface area is 80.9 Å². The van der Waals surface area contributed by atoms with E-state index in [-0.39, 0.29) is 5.82 Å². The van der Waals surface area contributed by atoms with Crippen molar-refractivity contribution >= 4 is 0 Å². The van der Waals surface area contributed by atoms with Crippen LogP contribution in [0.1, 0.15) is 5.82 Å². The molecule has 0 bridgehead atoms. The third-order valence-electron chi connectivity index (χ3n) is 1.71. The van der Waals surface area contributed by atoms with Gasteiger partial charge in [0.25, 0.3) is 0 Å². The summed E-state index contributed by atoms with van der Waals surface area (Å²) in [6.07, 6.45) is 4.88. The summed E-state index contributed by atoms with van der Waals surface area (Å²) < 4.78 is 0. The highest BCUT2D eigenvalue weighted by Gasteiger charge is 1.99. The van der Waals surface area contributed by atoms with Crippen LogP contribution in [0.15, 0.2) is 36.8 Å². The fourth-order valence-electron chi connectivity index (χ4n) is 1.05. The SMILES string of the molecule is N#Cc1ncc(-c2ccccn2)cn1. The highest BCUT2D eigenvalue weighted by molar-refractivity contribution is 5.56. The van der Waals surface area contributed by atoms with Gasteiger partial charge in [-0.1, -0.05) is 6.07 Å². The lowest BCUT2D eigenvalue weighted by Crippen LogP contribution is -1.89. The average molecular weight is 182 g/mol. The zero-order valence-electron chi connectivity index (χ0n) is 7.25. The van der Waals surface area contributed by atoms with Crippen LogP contribution in [0.5, 0.6) is 0 Å². The van der Waals surface area contributed by atoms with Crippen LogP contribution in [-0.2, 0) is 0 Å². The number of aromatic nitrogens is 3. The molecule has 2 aromatic rings. The first-order valence-electron chi connectivity index (χ1n) is 4.04. The minimum Gasteiger partial charge on any atom is -0.256 e. The van der Waals surface area contributed by atoms with Crippen LogP contribution in [0.25, 0.3) is 11.3 Å². The molecule has 0 atom stereocenters. The Hall–Kier alpha value is -2.28. The summed E-state index contributed by atoms with van der Waals surface area (Å²) in [4.78, 5) is 11.9. The van der Waals surface area contributed by atoms with Crippen LogP contribution in [0.2, 0.25) is 0 Å². The van der Waals surface area contributed by atoms with Crippen LogP contribution in [-0.4, -0.2) is 15.0 Å². The molecule has 0 saturated heterocycles. The minimum absolute atomic E-state index is 0.171. The van der Waals surface area contributed by atoms with Crippen molar-refractivity contribution in [2.24, 2.45) is 0 Å². The van der Waals surface area contributed by atoms with Crippen molar-refractivity contribution in [2.75, 3.05) is 0 Å². The van der Waals surface area contributed by atoms with E-state index >= 15 is 0 Å². The van der Waals surface area contributed by atoms with Crippen molar-refractivity contribution in [1.82, 2.24) is 15.0 Å². The van der Waals surface area contributed by atoms with Gasteiger partial charge in [0.05, 0.1) is 5.69 Å². The Kier molecular flexibility index (Phi) is 2.15. The first-order chi connectivity index (χ1) is 6.90. The molecule has 0 unspecified atom stereocenters. The smallest absolute Gasteiger partial charge is 0.232 e. The monoisotopic (exact) mass is 182 g/mol. The summed E-state index contributed by atoms with van der Waals surface area (Å²) >= 11 is 0. The maximum absolute atomic E-state index is 8.51. The third-order valence-corrected chi connectivity index (χ3v) is 1.71. The summed E-state index contributed by atoms with van der Waals surface area (Å²) in [5, 5.41) is 8.51. The van der Waals surface area contributed by atoms with Crippen LogP contribution in [0.3, 0.4) is 0 Å². The van der Waals surface area contributed by atoms with Gasteiger partial charge in [0.2, 0.25) is 5.82 Å². The van der Waals surface area contributed by atoms with E-state index in [1.165, 1.54) is 0 Å². The molecule has 2 rings (SSSR count). The van der Waals surface area contributed by atoms with Crippen LogP contribution >= 0.6 is 0 Å². The summed E-state index contributed by atoms with van der Waals surface area (Å²) in [5.74, 6) is 0.171. The molecule has 0 aromatic carbocycles. The molecule has 0 fully saturated rings. The van der Waals surface area contributed by atoms with E-state index in [0.717, 1.165) is 11.3 Å². The fourth-order valence-corrected chi connectivity index (χ4v) is 1.05. The van der Waals surface area contributed by atoms with Crippen molar-refractivity contribution in [2.45, 2.75) is 0 Å². The zero-order valence-corrected chi connectivity index (χ0v) is 7.25. The molecule has 0 aliphatic heterocycles. The molecule has 4 heteroatoms. The fraction of sp³-hybridized carbons (Fsp3) is 0. The van der Waals surface area contributed by atoms with Gasteiger partial charge in [0.1, 0.15) is 6.07 Å². The van der Waals surface area contributed by atoms with E-state index in [2.05, 4.69) is 15.0 Å². The zero-order chi connectivity index (χ0) is 9.80. The van der Waals surface area contributed by atoms with Crippen molar-refractivity contribution in [3.8, 4) is 17.3 Å². The summed E-state index contributed by atoms with van der Waals surface area (Å²) in [6, 6.07) is 7.46. The Morgan fingerprint density at radius 2 is 1.86 bits per heavy atom. The lowest BCUT2D eigenvalue weighted by molar-refractivity contribution is 1.11. The van der Waals surface area contributed by atoms with E-state index in [9.17, 15) is 0 Å². The molecular weight excluding hydrogens is 176 g/mol. The van der Waals surface area contributed by atoms with Crippen molar-refractivity contribution in [1.29, 1.82) is 5.26 Å². The van der Waals surface area contributed by atoms with Gasteiger partial charge in [0.15, 0.2) is 0 Å². The number of pyridine rings is 1. The van der Waals surface area contributed by atoms with Crippen LogP contribution in [0.4, 0.5) is 0 Å².